The van der Waals surface area contributed by atoms with Crippen molar-refractivity contribution in [3.8, 4) is 0 Å². The summed E-state index contributed by atoms with van der Waals surface area (Å²) in [5.74, 6) is 0.517. The second-order valence-corrected chi connectivity index (χ2v) is 3.67. The zero-order valence-electron chi connectivity index (χ0n) is 8.63. The van der Waals surface area contributed by atoms with Gasteiger partial charge in [-0.15, -0.1) is 0 Å². The van der Waals surface area contributed by atoms with Crippen LogP contribution in [0, 0.1) is 10.1 Å². The van der Waals surface area contributed by atoms with Crippen LogP contribution in [0.1, 0.15) is 0 Å². The average Bonchev–Trinajstić information content (AvgIpc) is 2.33. The fourth-order valence-corrected chi connectivity index (χ4v) is 1.45. The maximum absolute atomic E-state index is 10.5. The zero-order chi connectivity index (χ0) is 12.3. The first-order chi connectivity index (χ1) is 8.16. The Morgan fingerprint density at radius 3 is 2.53 bits per heavy atom. The van der Waals surface area contributed by atoms with E-state index in [-0.39, 0.29) is 5.69 Å². The number of aromatic nitrogens is 1. The zero-order valence-corrected chi connectivity index (χ0v) is 9.39. The quantitative estimate of drug-likeness (QED) is 0.669. The van der Waals surface area contributed by atoms with Crippen molar-refractivity contribution in [3.63, 3.8) is 0 Å². The number of nitro benzene ring substituents is 1. The van der Waals surface area contributed by atoms with E-state index in [9.17, 15) is 10.1 Å². The van der Waals surface area contributed by atoms with Crippen molar-refractivity contribution in [1.82, 2.24) is 4.98 Å². The molecule has 0 saturated carbocycles. The van der Waals surface area contributed by atoms with Gasteiger partial charge in [0.25, 0.3) is 5.69 Å². The molecule has 17 heavy (non-hydrogen) atoms. The standard InChI is InChI=1S/C11H8ClN3O2/c12-10-2-1-7-13-11(10)14-8-3-5-9(6-4-8)15(16)17/h1-7H,(H,13,14). The summed E-state index contributed by atoms with van der Waals surface area (Å²) in [6.07, 6.45) is 1.61. The SMILES string of the molecule is O=[N+]([O-])c1ccc(Nc2ncccc2Cl)cc1. The number of benzene rings is 1. The monoisotopic (exact) mass is 249 g/mol. The number of pyridine rings is 1. The van der Waals surface area contributed by atoms with E-state index in [4.69, 9.17) is 11.6 Å². The Hall–Kier alpha value is -2.14. The van der Waals surface area contributed by atoms with E-state index in [1.807, 2.05) is 0 Å². The normalized spacial score (nSPS) is 9.94. The number of nitrogens with one attached hydrogen (secondary N) is 1. The minimum Gasteiger partial charge on any atom is -0.339 e. The van der Waals surface area contributed by atoms with Crippen LogP contribution in [0.15, 0.2) is 42.6 Å². The summed E-state index contributed by atoms with van der Waals surface area (Å²) in [4.78, 5) is 14.1. The number of anilines is 2. The highest BCUT2D eigenvalue weighted by atomic mass is 35.5. The molecule has 0 radical (unpaired) electrons. The second kappa shape index (κ2) is 4.80. The molecule has 2 aromatic rings. The third kappa shape index (κ3) is 2.70. The molecule has 5 nitrogen and oxygen atoms in total. The Kier molecular flexibility index (Phi) is 3.20. The molecule has 1 heterocycles. The number of halogens is 1. The summed E-state index contributed by atoms with van der Waals surface area (Å²) in [6.45, 7) is 0. The summed E-state index contributed by atoms with van der Waals surface area (Å²) in [5, 5.41) is 13.9. The number of hydrogen-bond acceptors (Lipinski definition) is 4. The fraction of sp³-hybridized carbons (Fsp3) is 0. The highest BCUT2D eigenvalue weighted by molar-refractivity contribution is 6.33. The first-order valence-corrected chi connectivity index (χ1v) is 5.16. The van der Waals surface area contributed by atoms with Crippen LogP contribution in [0.4, 0.5) is 17.2 Å². The topological polar surface area (TPSA) is 68.1 Å². The lowest BCUT2D eigenvalue weighted by Crippen LogP contribution is -1.94. The number of non-ortho nitro benzene ring substituents is 1. The smallest absolute Gasteiger partial charge is 0.269 e. The number of hydrogen-bond donors (Lipinski definition) is 1. The number of rotatable bonds is 3. The Balaban J connectivity index is 2.20. The van der Waals surface area contributed by atoms with E-state index in [1.54, 1.807) is 30.5 Å². The molecule has 1 aromatic carbocycles. The van der Waals surface area contributed by atoms with Crippen LogP contribution in [0.5, 0.6) is 0 Å². The van der Waals surface area contributed by atoms with E-state index in [0.29, 0.717) is 16.5 Å². The van der Waals surface area contributed by atoms with E-state index >= 15 is 0 Å². The molecule has 0 unspecified atom stereocenters. The molecule has 0 spiro atoms. The Labute approximate surface area is 102 Å². The molecule has 0 aliphatic heterocycles. The van der Waals surface area contributed by atoms with Gasteiger partial charge in [0.15, 0.2) is 0 Å². The lowest BCUT2D eigenvalue weighted by atomic mass is 10.3. The maximum Gasteiger partial charge on any atom is 0.269 e. The van der Waals surface area contributed by atoms with Crippen LogP contribution in [0.2, 0.25) is 5.02 Å². The lowest BCUT2D eigenvalue weighted by Gasteiger charge is -2.06. The Bertz CT molecular complexity index is 543. The summed E-state index contributed by atoms with van der Waals surface area (Å²) >= 11 is 5.92. The third-order valence-electron chi connectivity index (χ3n) is 2.10. The molecule has 0 bridgehead atoms. The summed E-state index contributed by atoms with van der Waals surface area (Å²) in [6, 6.07) is 9.47. The fourth-order valence-electron chi connectivity index (χ4n) is 1.28. The van der Waals surface area contributed by atoms with Crippen molar-refractivity contribution >= 4 is 28.8 Å². The van der Waals surface area contributed by atoms with Crippen LogP contribution in [0.3, 0.4) is 0 Å². The molecule has 0 fully saturated rings. The second-order valence-electron chi connectivity index (χ2n) is 3.26. The van der Waals surface area contributed by atoms with Crippen molar-refractivity contribution in [3.05, 3.63) is 57.7 Å². The summed E-state index contributed by atoms with van der Waals surface area (Å²) in [5.41, 5.74) is 0.735. The molecule has 86 valence electrons. The van der Waals surface area contributed by atoms with Crippen LogP contribution in [0.25, 0.3) is 0 Å². The molecule has 0 aliphatic rings. The van der Waals surface area contributed by atoms with Gasteiger partial charge in [-0.2, -0.15) is 0 Å². The maximum atomic E-state index is 10.5. The third-order valence-corrected chi connectivity index (χ3v) is 2.40. The molecule has 6 heteroatoms. The largest absolute Gasteiger partial charge is 0.339 e. The predicted octanol–water partition coefficient (Wildman–Crippen LogP) is 3.39. The Morgan fingerprint density at radius 1 is 1.24 bits per heavy atom. The van der Waals surface area contributed by atoms with E-state index in [1.165, 1.54) is 12.1 Å². The first kappa shape index (κ1) is 11.3. The number of nitrogens with zero attached hydrogens (tertiary/aromatic N) is 2. The van der Waals surface area contributed by atoms with Crippen molar-refractivity contribution in [2.45, 2.75) is 0 Å². The van der Waals surface area contributed by atoms with Crippen LogP contribution < -0.4 is 5.32 Å². The van der Waals surface area contributed by atoms with Crippen molar-refractivity contribution in [1.29, 1.82) is 0 Å². The first-order valence-electron chi connectivity index (χ1n) is 4.79. The molecular weight excluding hydrogens is 242 g/mol. The molecule has 0 atom stereocenters. The van der Waals surface area contributed by atoms with Gasteiger partial charge in [-0.1, -0.05) is 11.6 Å². The van der Waals surface area contributed by atoms with Gasteiger partial charge in [0.1, 0.15) is 5.82 Å². The van der Waals surface area contributed by atoms with Crippen LogP contribution >= 0.6 is 11.6 Å². The Morgan fingerprint density at radius 2 is 1.94 bits per heavy atom. The van der Waals surface area contributed by atoms with Gasteiger partial charge in [-0.05, 0) is 24.3 Å². The van der Waals surface area contributed by atoms with Crippen molar-refractivity contribution < 1.29 is 4.92 Å². The minimum absolute atomic E-state index is 0.0441. The van der Waals surface area contributed by atoms with E-state index in [0.717, 1.165) is 0 Å². The number of nitro groups is 1. The van der Waals surface area contributed by atoms with Crippen molar-refractivity contribution in [2.24, 2.45) is 0 Å². The van der Waals surface area contributed by atoms with Gasteiger partial charge in [-0.25, -0.2) is 4.98 Å². The van der Waals surface area contributed by atoms with Gasteiger partial charge >= 0.3 is 0 Å². The molecule has 0 saturated heterocycles. The highest BCUT2D eigenvalue weighted by Gasteiger charge is 2.05. The van der Waals surface area contributed by atoms with Crippen LogP contribution in [-0.2, 0) is 0 Å². The van der Waals surface area contributed by atoms with Crippen molar-refractivity contribution in [2.75, 3.05) is 5.32 Å². The van der Waals surface area contributed by atoms with E-state index < -0.39 is 4.92 Å². The van der Waals surface area contributed by atoms with Gasteiger partial charge in [0.2, 0.25) is 0 Å². The minimum atomic E-state index is -0.447. The molecule has 2 rings (SSSR count). The molecule has 1 N–H and O–H groups in total. The summed E-state index contributed by atoms with van der Waals surface area (Å²) < 4.78 is 0. The lowest BCUT2D eigenvalue weighted by molar-refractivity contribution is -0.384. The molecular formula is C11H8ClN3O2. The molecule has 1 aromatic heterocycles. The predicted molar refractivity (Wildman–Crippen MR) is 65.6 cm³/mol. The van der Waals surface area contributed by atoms with Crippen LogP contribution in [-0.4, -0.2) is 9.91 Å². The van der Waals surface area contributed by atoms with Gasteiger partial charge < -0.3 is 5.32 Å². The molecule has 0 aliphatic carbocycles. The molecule has 0 amide bonds. The van der Waals surface area contributed by atoms with Gasteiger partial charge in [0.05, 0.1) is 9.95 Å². The average molecular weight is 250 g/mol. The summed E-state index contributed by atoms with van der Waals surface area (Å²) in [7, 11) is 0. The van der Waals surface area contributed by atoms with E-state index in [2.05, 4.69) is 10.3 Å². The van der Waals surface area contributed by atoms with Gasteiger partial charge in [-0.3, -0.25) is 10.1 Å². The van der Waals surface area contributed by atoms with Gasteiger partial charge in [0, 0.05) is 24.0 Å². The highest BCUT2D eigenvalue weighted by Crippen LogP contribution is 2.23.